The summed E-state index contributed by atoms with van der Waals surface area (Å²) in [6, 6.07) is 40.2. The monoisotopic (exact) mass is 1400 g/mol. The fourth-order valence-electron chi connectivity index (χ4n) is 14.6. The average Bonchev–Trinajstić information content (AvgIpc) is 0.814. The third kappa shape index (κ3) is 30.9. The van der Waals surface area contributed by atoms with Crippen LogP contribution in [0.4, 0.5) is 5.69 Å². The number of rotatable bonds is 56. The van der Waals surface area contributed by atoms with Crippen molar-refractivity contribution in [3.63, 3.8) is 0 Å². The number of carbonyl (C=O) groups is 1. The standard InChI is InChI=1S/C86H133N3O10S/c1-7-9-11-13-15-17-19-21-22-23-24-25-26-27-28-29-30-31-33-35-37-39-50-64-80(90)88-75(81-77(98-86(3,4)99-81)62-49-38-36-34-32-20-18-16-14-12-10-8-2)69-96-85-84(95-68-72-57-47-42-48-58-72)83(94-67-71-55-45-41-46-56-71)82(93-66-70-53-43-40-44-54-70)78(97-85)65-87-100(91,92)79-63-52-59-73-74(79)60-51-61-76(73)89(5)6/h40-48,51-61,63,75,77-78,81-85,87H,7-39,49-50,62,64-69H2,1-6H3,(H,88,90)/t75-,77+,78+,81-,82-,83-,84+,85-/m0/s1. The van der Waals surface area contributed by atoms with Crippen LogP contribution in [-0.4, -0.2) is 96.3 Å². The summed E-state index contributed by atoms with van der Waals surface area (Å²) in [4.78, 5) is 16.6. The Kier molecular flexibility index (Phi) is 39.9. The molecule has 8 atom stereocenters. The van der Waals surface area contributed by atoms with E-state index in [9.17, 15) is 13.2 Å². The van der Waals surface area contributed by atoms with E-state index in [1.165, 1.54) is 193 Å². The number of hydrogen-bond donors (Lipinski definition) is 2. The quantitative estimate of drug-likeness (QED) is 0.0359. The molecule has 0 aromatic heterocycles. The van der Waals surface area contributed by atoms with Crippen molar-refractivity contribution in [2.75, 3.05) is 32.1 Å². The first kappa shape index (κ1) is 82.5. The molecule has 558 valence electrons. The number of nitrogens with one attached hydrogen (secondary N) is 2. The second kappa shape index (κ2) is 48.3. The van der Waals surface area contributed by atoms with E-state index in [0.717, 1.165) is 66.3 Å². The van der Waals surface area contributed by atoms with Crippen LogP contribution < -0.4 is 14.9 Å². The third-order valence-electron chi connectivity index (χ3n) is 20.3. The normalized spacial score (nSPS) is 19.5. The molecule has 2 aliphatic rings. The number of anilines is 1. The Morgan fingerprint density at radius 3 is 1.33 bits per heavy atom. The molecule has 0 aliphatic carbocycles. The number of unbranched alkanes of at least 4 members (excludes halogenated alkanes) is 33. The van der Waals surface area contributed by atoms with Gasteiger partial charge < -0.3 is 43.4 Å². The van der Waals surface area contributed by atoms with Crippen molar-refractivity contribution in [3.05, 3.63) is 144 Å². The van der Waals surface area contributed by atoms with Gasteiger partial charge in [0.25, 0.3) is 0 Å². The molecule has 14 heteroatoms. The van der Waals surface area contributed by atoms with Crippen LogP contribution in [0.5, 0.6) is 0 Å². The lowest BCUT2D eigenvalue weighted by atomic mass is 9.97. The second-order valence-corrected chi connectivity index (χ2v) is 31.3. The van der Waals surface area contributed by atoms with Gasteiger partial charge in [0.1, 0.15) is 30.5 Å². The molecule has 0 radical (unpaired) electrons. The summed E-state index contributed by atoms with van der Waals surface area (Å²) in [7, 11) is -0.281. The molecule has 0 bridgehead atoms. The minimum Gasteiger partial charge on any atom is -0.377 e. The molecule has 1 amide bonds. The van der Waals surface area contributed by atoms with E-state index in [4.69, 9.17) is 33.2 Å². The molecule has 0 saturated carbocycles. The molecule has 5 aromatic carbocycles. The summed E-state index contributed by atoms with van der Waals surface area (Å²) >= 11 is 0. The van der Waals surface area contributed by atoms with Crippen LogP contribution in [0.2, 0.25) is 0 Å². The van der Waals surface area contributed by atoms with Gasteiger partial charge in [0, 0.05) is 43.5 Å². The fourth-order valence-corrected chi connectivity index (χ4v) is 15.8. The Labute approximate surface area is 606 Å². The Bertz CT molecular complexity index is 3030. The highest BCUT2D eigenvalue weighted by Gasteiger charge is 2.51. The smallest absolute Gasteiger partial charge is 0.241 e. The largest absolute Gasteiger partial charge is 0.377 e. The first-order valence-electron chi connectivity index (χ1n) is 39.9. The number of carbonyl (C=O) groups excluding carboxylic acids is 1. The molecule has 13 nitrogen and oxygen atoms in total. The zero-order valence-corrected chi connectivity index (χ0v) is 63.7. The zero-order chi connectivity index (χ0) is 70.7. The van der Waals surface area contributed by atoms with Crippen molar-refractivity contribution in [3.8, 4) is 0 Å². The van der Waals surface area contributed by atoms with Crippen LogP contribution in [0.15, 0.2) is 132 Å². The minimum atomic E-state index is -4.18. The Morgan fingerprint density at radius 2 is 0.870 bits per heavy atom. The van der Waals surface area contributed by atoms with Crippen LogP contribution >= 0.6 is 0 Å². The minimum absolute atomic E-state index is 0.0241. The summed E-state index contributed by atoms with van der Waals surface area (Å²) in [5.74, 6) is -0.975. The average molecular weight is 1400 g/mol. The number of fused-ring (bicyclic) bond motifs is 1. The summed E-state index contributed by atoms with van der Waals surface area (Å²) in [6.45, 7) is 8.82. The third-order valence-corrected chi connectivity index (χ3v) is 21.8. The molecule has 7 rings (SSSR count). The van der Waals surface area contributed by atoms with E-state index in [1.807, 2.05) is 148 Å². The Hall–Kier alpha value is -4.74. The fraction of sp³-hybridized carbons (Fsp3) is 0.663. The molecular formula is C86H133N3O10S. The Morgan fingerprint density at radius 1 is 0.460 bits per heavy atom. The SMILES string of the molecule is CCCCCCCCCCCCCCCCCCCCCCCCCC(=O)N[C@@H](CO[C@H]1O[C@H](CNS(=O)(=O)c2cccc3c(N(C)C)cccc23)[C@H](OCc2ccccc2)[C@H](OCc2ccccc2)[C@H]1OCc1ccccc1)[C@@H]1OC(C)(C)O[C@@H]1CCCCCCCCCCCCCC. The highest BCUT2D eigenvalue weighted by molar-refractivity contribution is 7.89. The lowest BCUT2D eigenvalue weighted by Gasteiger charge is -2.46. The molecule has 5 aromatic rings. The lowest BCUT2D eigenvalue weighted by molar-refractivity contribution is -0.323. The van der Waals surface area contributed by atoms with Crippen LogP contribution in [-0.2, 0) is 67.8 Å². The summed E-state index contributed by atoms with van der Waals surface area (Å²) in [5, 5.41) is 4.85. The maximum absolute atomic E-state index is 14.9. The molecule has 0 spiro atoms. The van der Waals surface area contributed by atoms with Crippen LogP contribution in [0.3, 0.4) is 0 Å². The van der Waals surface area contributed by atoms with Crippen molar-refractivity contribution >= 4 is 32.4 Å². The molecule has 2 N–H and O–H groups in total. The van der Waals surface area contributed by atoms with E-state index in [1.54, 1.807) is 12.1 Å². The second-order valence-electron chi connectivity index (χ2n) is 29.6. The van der Waals surface area contributed by atoms with Crippen molar-refractivity contribution in [1.82, 2.24) is 10.0 Å². The van der Waals surface area contributed by atoms with Gasteiger partial charge in [-0.15, -0.1) is 0 Å². The van der Waals surface area contributed by atoms with Gasteiger partial charge >= 0.3 is 0 Å². The van der Waals surface area contributed by atoms with E-state index in [-0.39, 0.29) is 49.9 Å². The first-order chi connectivity index (χ1) is 48.9. The first-order valence-corrected chi connectivity index (χ1v) is 41.4. The summed E-state index contributed by atoms with van der Waals surface area (Å²) < 4.78 is 81.9. The van der Waals surface area contributed by atoms with Crippen molar-refractivity contribution < 1.29 is 46.4 Å². The summed E-state index contributed by atoms with van der Waals surface area (Å²) in [5.41, 5.74) is 3.69. The van der Waals surface area contributed by atoms with Crippen molar-refractivity contribution in [2.24, 2.45) is 0 Å². The Balaban J connectivity index is 1.04. The van der Waals surface area contributed by atoms with Gasteiger partial charge in [-0.3, -0.25) is 4.79 Å². The zero-order valence-electron chi connectivity index (χ0n) is 62.9. The van der Waals surface area contributed by atoms with Gasteiger partial charge in [-0.05, 0) is 55.5 Å². The van der Waals surface area contributed by atoms with Gasteiger partial charge in [0.05, 0.1) is 43.5 Å². The molecule has 2 fully saturated rings. The van der Waals surface area contributed by atoms with Crippen LogP contribution in [0.25, 0.3) is 10.8 Å². The maximum Gasteiger partial charge on any atom is 0.241 e. The van der Waals surface area contributed by atoms with Gasteiger partial charge in [-0.25, -0.2) is 13.1 Å². The number of nitrogens with zero attached hydrogens (tertiary/aromatic N) is 1. The number of sulfonamides is 1. The number of amides is 1. The molecule has 2 aliphatic heterocycles. The summed E-state index contributed by atoms with van der Waals surface area (Å²) in [6.07, 6.45) is 40.8. The van der Waals surface area contributed by atoms with Gasteiger partial charge in [-0.1, -0.05) is 347 Å². The van der Waals surface area contributed by atoms with Crippen LogP contribution in [0, 0.1) is 0 Å². The van der Waals surface area contributed by atoms with Gasteiger partial charge in [0.15, 0.2) is 12.1 Å². The molecule has 100 heavy (non-hydrogen) atoms. The van der Waals surface area contributed by atoms with E-state index in [2.05, 4.69) is 23.9 Å². The van der Waals surface area contributed by atoms with Crippen LogP contribution in [0.1, 0.15) is 282 Å². The number of ether oxygens (including phenoxy) is 7. The topological polar surface area (TPSA) is 143 Å². The molecule has 2 saturated heterocycles. The molecule has 2 heterocycles. The number of hydrogen-bond acceptors (Lipinski definition) is 11. The van der Waals surface area contributed by atoms with Gasteiger partial charge in [0.2, 0.25) is 15.9 Å². The van der Waals surface area contributed by atoms with Crippen molar-refractivity contribution in [1.29, 1.82) is 0 Å². The van der Waals surface area contributed by atoms with Crippen molar-refractivity contribution in [2.45, 2.75) is 345 Å². The maximum atomic E-state index is 14.9. The van der Waals surface area contributed by atoms with E-state index < -0.39 is 58.7 Å². The van der Waals surface area contributed by atoms with E-state index >= 15 is 0 Å². The molecule has 0 unspecified atom stereocenters. The predicted octanol–water partition coefficient (Wildman–Crippen LogP) is 21.2. The highest BCUT2D eigenvalue weighted by atomic mass is 32.2. The van der Waals surface area contributed by atoms with E-state index in [0.29, 0.717) is 11.8 Å². The lowest BCUT2D eigenvalue weighted by Crippen LogP contribution is -2.63. The van der Waals surface area contributed by atoms with Gasteiger partial charge in [-0.2, -0.15) is 0 Å². The number of benzene rings is 5. The molecular weight excluding hydrogens is 1270 g/mol. The highest BCUT2D eigenvalue weighted by Crippen LogP contribution is 2.37. The predicted molar refractivity (Wildman–Crippen MR) is 411 cm³/mol.